The Morgan fingerprint density at radius 3 is 3.05 bits per heavy atom. The molecule has 1 fully saturated rings. The predicted molar refractivity (Wildman–Crippen MR) is 76.1 cm³/mol. The Kier molecular flexibility index (Phi) is 5.61. The molecule has 19 heavy (non-hydrogen) atoms. The zero-order valence-corrected chi connectivity index (χ0v) is 12.0. The Morgan fingerprint density at radius 2 is 2.32 bits per heavy atom. The SMILES string of the molecule is CCCNC1CCOCC1Cc1ccc(Cl)cc1F. The largest absolute Gasteiger partial charge is 0.381 e. The highest BCUT2D eigenvalue weighted by molar-refractivity contribution is 6.30. The maximum Gasteiger partial charge on any atom is 0.127 e. The highest BCUT2D eigenvalue weighted by Crippen LogP contribution is 2.23. The summed E-state index contributed by atoms with van der Waals surface area (Å²) in [5.41, 5.74) is 0.725. The van der Waals surface area contributed by atoms with Gasteiger partial charge < -0.3 is 10.1 Å². The lowest BCUT2D eigenvalue weighted by Gasteiger charge is -2.32. The Morgan fingerprint density at radius 1 is 1.47 bits per heavy atom. The molecule has 1 aromatic rings. The van der Waals surface area contributed by atoms with E-state index in [1.54, 1.807) is 12.1 Å². The van der Waals surface area contributed by atoms with Gasteiger partial charge in [-0.15, -0.1) is 0 Å². The van der Waals surface area contributed by atoms with Crippen LogP contribution >= 0.6 is 11.6 Å². The summed E-state index contributed by atoms with van der Waals surface area (Å²) in [6.07, 6.45) is 2.81. The van der Waals surface area contributed by atoms with Crippen molar-refractivity contribution in [2.75, 3.05) is 19.8 Å². The van der Waals surface area contributed by atoms with Crippen LogP contribution < -0.4 is 5.32 Å². The zero-order valence-electron chi connectivity index (χ0n) is 11.3. The fourth-order valence-corrected chi connectivity index (χ4v) is 2.72. The molecule has 1 heterocycles. The summed E-state index contributed by atoms with van der Waals surface area (Å²) in [7, 11) is 0. The fourth-order valence-electron chi connectivity index (χ4n) is 2.57. The summed E-state index contributed by atoms with van der Waals surface area (Å²) in [5.74, 6) is 0.114. The Balaban J connectivity index is 2.02. The van der Waals surface area contributed by atoms with Crippen molar-refractivity contribution in [1.29, 1.82) is 0 Å². The molecule has 0 bridgehead atoms. The normalized spacial score (nSPS) is 23.5. The van der Waals surface area contributed by atoms with Crippen LogP contribution in [0.3, 0.4) is 0 Å². The van der Waals surface area contributed by atoms with Crippen LogP contribution in [0, 0.1) is 11.7 Å². The number of benzene rings is 1. The molecule has 2 nitrogen and oxygen atoms in total. The van der Waals surface area contributed by atoms with E-state index in [4.69, 9.17) is 16.3 Å². The van der Waals surface area contributed by atoms with Gasteiger partial charge in [0.1, 0.15) is 5.82 Å². The van der Waals surface area contributed by atoms with Crippen LogP contribution in [0.2, 0.25) is 5.02 Å². The number of hydrogen-bond acceptors (Lipinski definition) is 2. The van der Waals surface area contributed by atoms with Gasteiger partial charge in [-0.05, 0) is 43.5 Å². The minimum Gasteiger partial charge on any atom is -0.381 e. The van der Waals surface area contributed by atoms with Crippen molar-refractivity contribution in [2.24, 2.45) is 5.92 Å². The molecule has 0 aliphatic carbocycles. The van der Waals surface area contributed by atoms with Crippen molar-refractivity contribution in [3.8, 4) is 0 Å². The van der Waals surface area contributed by atoms with Gasteiger partial charge in [-0.3, -0.25) is 0 Å². The van der Waals surface area contributed by atoms with Gasteiger partial charge in [0.2, 0.25) is 0 Å². The van der Waals surface area contributed by atoms with Crippen LogP contribution in [-0.2, 0) is 11.2 Å². The van der Waals surface area contributed by atoms with Crippen LogP contribution in [0.25, 0.3) is 0 Å². The molecular formula is C15H21ClFNO. The number of nitrogens with one attached hydrogen (secondary N) is 1. The van der Waals surface area contributed by atoms with Gasteiger partial charge >= 0.3 is 0 Å². The summed E-state index contributed by atoms with van der Waals surface area (Å²) in [4.78, 5) is 0. The predicted octanol–water partition coefficient (Wildman–Crippen LogP) is 3.43. The van der Waals surface area contributed by atoms with Crippen LogP contribution in [0.15, 0.2) is 18.2 Å². The quantitative estimate of drug-likeness (QED) is 0.895. The molecule has 1 aliphatic rings. The van der Waals surface area contributed by atoms with Gasteiger partial charge in [0, 0.05) is 23.6 Å². The first-order chi connectivity index (χ1) is 9.20. The molecule has 0 radical (unpaired) electrons. The fraction of sp³-hybridized carbons (Fsp3) is 0.600. The molecule has 0 spiro atoms. The molecule has 1 N–H and O–H groups in total. The lowest BCUT2D eigenvalue weighted by atomic mass is 9.89. The highest BCUT2D eigenvalue weighted by atomic mass is 35.5. The first-order valence-electron chi connectivity index (χ1n) is 6.95. The minimum atomic E-state index is -0.215. The summed E-state index contributed by atoms with van der Waals surface area (Å²) < 4.78 is 19.4. The summed E-state index contributed by atoms with van der Waals surface area (Å²) in [6, 6.07) is 5.33. The Hall–Kier alpha value is -0.640. The van der Waals surface area contributed by atoms with Crippen LogP contribution in [0.5, 0.6) is 0 Å². The van der Waals surface area contributed by atoms with E-state index in [-0.39, 0.29) is 5.82 Å². The smallest absolute Gasteiger partial charge is 0.127 e. The van der Waals surface area contributed by atoms with Gasteiger partial charge in [-0.25, -0.2) is 4.39 Å². The molecular weight excluding hydrogens is 265 g/mol. The van der Waals surface area contributed by atoms with Gasteiger partial charge in [0.15, 0.2) is 0 Å². The maximum absolute atomic E-state index is 13.8. The average Bonchev–Trinajstić information content (AvgIpc) is 2.41. The van der Waals surface area contributed by atoms with Gasteiger partial charge in [0.25, 0.3) is 0 Å². The lowest BCUT2D eigenvalue weighted by molar-refractivity contribution is 0.0320. The van der Waals surface area contributed by atoms with Crippen LogP contribution in [0.4, 0.5) is 4.39 Å². The summed E-state index contributed by atoms with van der Waals surface area (Å²) in [6.45, 7) is 4.65. The van der Waals surface area contributed by atoms with Gasteiger partial charge in [0.05, 0.1) is 6.61 Å². The number of halogens is 2. The van der Waals surface area contributed by atoms with Crippen molar-refractivity contribution < 1.29 is 9.13 Å². The van der Waals surface area contributed by atoms with Crippen LogP contribution in [-0.4, -0.2) is 25.8 Å². The molecule has 1 aromatic carbocycles. The third-order valence-electron chi connectivity index (χ3n) is 3.63. The van der Waals surface area contributed by atoms with Crippen molar-refractivity contribution in [1.82, 2.24) is 5.32 Å². The van der Waals surface area contributed by atoms with E-state index in [1.165, 1.54) is 6.07 Å². The van der Waals surface area contributed by atoms with E-state index in [9.17, 15) is 4.39 Å². The van der Waals surface area contributed by atoms with E-state index in [2.05, 4.69) is 12.2 Å². The lowest BCUT2D eigenvalue weighted by Crippen LogP contribution is -2.44. The third kappa shape index (κ3) is 4.16. The molecule has 4 heteroatoms. The number of ether oxygens (including phenoxy) is 1. The van der Waals surface area contributed by atoms with Crippen molar-refractivity contribution in [2.45, 2.75) is 32.2 Å². The van der Waals surface area contributed by atoms with Gasteiger partial charge in [-0.1, -0.05) is 24.6 Å². The molecule has 1 saturated heterocycles. The Bertz CT molecular complexity index is 413. The first-order valence-corrected chi connectivity index (χ1v) is 7.33. The Labute approximate surface area is 119 Å². The van der Waals surface area contributed by atoms with E-state index in [0.29, 0.717) is 30.0 Å². The molecule has 2 rings (SSSR count). The monoisotopic (exact) mass is 285 g/mol. The summed E-state index contributed by atoms with van der Waals surface area (Å²) in [5, 5.41) is 3.99. The summed E-state index contributed by atoms with van der Waals surface area (Å²) >= 11 is 5.78. The maximum atomic E-state index is 13.8. The minimum absolute atomic E-state index is 0.215. The molecule has 2 atom stereocenters. The molecule has 0 amide bonds. The second-order valence-electron chi connectivity index (χ2n) is 5.12. The second-order valence-corrected chi connectivity index (χ2v) is 5.56. The molecule has 0 saturated carbocycles. The van der Waals surface area contributed by atoms with E-state index >= 15 is 0 Å². The topological polar surface area (TPSA) is 21.3 Å². The molecule has 1 aliphatic heterocycles. The van der Waals surface area contributed by atoms with Crippen molar-refractivity contribution in [3.05, 3.63) is 34.6 Å². The van der Waals surface area contributed by atoms with Crippen molar-refractivity contribution >= 4 is 11.6 Å². The number of rotatable bonds is 5. The molecule has 2 unspecified atom stereocenters. The molecule has 106 valence electrons. The third-order valence-corrected chi connectivity index (χ3v) is 3.86. The van der Waals surface area contributed by atoms with Crippen molar-refractivity contribution in [3.63, 3.8) is 0 Å². The first kappa shape index (κ1) is 14.8. The highest BCUT2D eigenvalue weighted by Gasteiger charge is 2.26. The second kappa shape index (κ2) is 7.22. The standard InChI is InChI=1S/C15H21ClFNO/c1-2-6-18-15-5-7-19-10-12(15)8-11-3-4-13(16)9-14(11)17/h3-4,9,12,15,18H,2,5-8,10H2,1H3. The number of hydrogen-bond donors (Lipinski definition) is 1. The van der Waals surface area contributed by atoms with E-state index in [1.807, 2.05) is 0 Å². The van der Waals surface area contributed by atoms with E-state index in [0.717, 1.165) is 31.6 Å². The van der Waals surface area contributed by atoms with Gasteiger partial charge in [-0.2, -0.15) is 0 Å². The van der Waals surface area contributed by atoms with Crippen LogP contribution in [0.1, 0.15) is 25.3 Å². The van der Waals surface area contributed by atoms with E-state index < -0.39 is 0 Å². The molecule has 0 aromatic heterocycles. The zero-order chi connectivity index (χ0) is 13.7. The average molecular weight is 286 g/mol.